The number of benzene rings is 1. The molecule has 0 heterocycles. The highest BCUT2D eigenvalue weighted by Crippen LogP contribution is 2.24. The van der Waals surface area contributed by atoms with Crippen LogP contribution in [0.4, 0.5) is 5.69 Å². The van der Waals surface area contributed by atoms with Crippen molar-refractivity contribution >= 4 is 17.6 Å². The molecule has 1 amide bonds. The highest BCUT2D eigenvalue weighted by atomic mass is 16.4. The molecule has 4 nitrogen and oxygen atoms in total. The van der Waals surface area contributed by atoms with Gasteiger partial charge in [0.25, 0.3) is 0 Å². The highest BCUT2D eigenvalue weighted by molar-refractivity contribution is 6.36. The third-order valence-electron chi connectivity index (χ3n) is 2.80. The van der Waals surface area contributed by atoms with E-state index >= 15 is 0 Å². The minimum atomic E-state index is -1.46. The molecule has 0 spiro atoms. The van der Waals surface area contributed by atoms with Crippen molar-refractivity contribution in [2.24, 2.45) is 0 Å². The maximum Gasteiger partial charge on any atom is 0.394 e. The quantitative estimate of drug-likeness (QED) is 0.705. The first-order valence-electron chi connectivity index (χ1n) is 5.33. The normalized spacial score (nSPS) is 14.0. The number of carboxylic acids is 1. The van der Waals surface area contributed by atoms with Gasteiger partial charge in [-0.2, -0.15) is 0 Å². The Morgan fingerprint density at radius 2 is 1.81 bits per heavy atom. The molecule has 1 aromatic carbocycles. The number of carboxylic acid groups (broad SMARTS) is 1. The number of nitrogens with one attached hydrogen (secondary N) is 1. The van der Waals surface area contributed by atoms with Crippen LogP contribution in [0.25, 0.3) is 0 Å². The van der Waals surface area contributed by atoms with Crippen molar-refractivity contribution < 1.29 is 14.7 Å². The maximum atomic E-state index is 11.0. The average molecular weight is 219 g/mol. The van der Waals surface area contributed by atoms with Crippen molar-refractivity contribution in [3.8, 4) is 0 Å². The van der Waals surface area contributed by atoms with Gasteiger partial charge in [0.05, 0.1) is 0 Å². The first-order valence-corrected chi connectivity index (χ1v) is 5.33. The number of anilines is 1. The first kappa shape index (κ1) is 10.7. The Morgan fingerprint density at radius 3 is 2.50 bits per heavy atom. The fourth-order valence-corrected chi connectivity index (χ4v) is 2.00. The molecule has 0 aliphatic heterocycles. The zero-order valence-corrected chi connectivity index (χ0v) is 8.82. The molecular weight excluding hydrogens is 206 g/mol. The number of carbonyl (C=O) groups excluding carboxylic acids is 1. The van der Waals surface area contributed by atoms with Gasteiger partial charge in [0.1, 0.15) is 0 Å². The van der Waals surface area contributed by atoms with E-state index in [1.54, 1.807) is 6.07 Å². The van der Waals surface area contributed by atoms with Crippen molar-refractivity contribution in [1.82, 2.24) is 0 Å². The molecule has 1 aliphatic carbocycles. The Kier molecular flexibility index (Phi) is 2.90. The topological polar surface area (TPSA) is 66.4 Å². The largest absolute Gasteiger partial charge is 0.474 e. The molecule has 1 aromatic rings. The van der Waals surface area contributed by atoms with E-state index in [0.29, 0.717) is 5.69 Å². The molecule has 84 valence electrons. The summed E-state index contributed by atoms with van der Waals surface area (Å²) in [5.41, 5.74) is 3.09. The third-order valence-corrected chi connectivity index (χ3v) is 2.80. The summed E-state index contributed by atoms with van der Waals surface area (Å²) >= 11 is 0. The molecule has 0 atom stereocenters. The van der Waals surface area contributed by atoms with Crippen LogP contribution in [0.1, 0.15) is 24.0 Å². The predicted octanol–water partition coefficient (Wildman–Crippen LogP) is 1.59. The van der Waals surface area contributed by atoms with E-state index in [0.717, 1.165) is 19.3 Å². The summed E-state index contributed by atoms with van der Waals surface area (Å²) in [5.74, 6) is -2.45. The molecule has 2 rings (SSSR count). The lowest BCUT2D eigenvalue weighted by Gasteiger charge is -2.16. The van der Waals surface area contributed by atoms with Gasteiger partial charge in [-0.25, -0.2) is 4.79 Å². The summed E-state index contributed by atoms with van der Waals surface area (Å²) in [7, 11) is 0. The molecule has 4 heteroatoms. The van der Waals surface area contributed by atoms with Gasteiger partial charge >= 0.3 is 11.9 Å². The summed E-state index contributed by atoms with van der Waals surface area (Å²) in [6, 6.07) is 5.59. The Labute approximate surface area is 93.3 Å². The highest BCUT2D eigenvalue weighted by Gasteiger charge is 2.13. The predicted molar refractivity (Wildman–Crippen MR) is 59.3 cm³/mol. The molecule has 0 saturated carbocycles. The first-order chi connectivity index (χ1) is 7.66. The van der Waals surface area contributed by atoms with Gasteiger partial charge in [-0.15, -0.1) is 0 Å². The second-order valence-corrected chi connectivity index (χ2v) is 3.95. The lowest BCUT2D eigenvalue weighted by molar-refractivity contribution is -0.147. The monoisotopic (exact) mass is 219 g/mol. The Morgan fingerprint density at radius 1 is 1.12 bits per heavy atom. The number of rotatable bonds is 1. The lowest BCUT2D eigenvalue weighted by Crippen LogP contribution is -2.22. The van der Waals surface area contributed by atoms with E-state index in [4.69, 9.17) is 5.11 Å². The van der Waals surface area contributed by atoms with Crippen LogP contribution in [-0.2, 0) is 22.4 Å². The Hall–Kier alpha value is -1.84. The summed E-state index contributed by atoms with van der Waals surface area (Å²) in [6.45, 7) is 0. The molecule has 1 aliphatic rings. The molecule has 0 radical (unpaired) electrons. The summed E-state index contributed by atoms with van der Waals surface area (Å²) in [5, 5.41) is 10.8. The van der Waals surface area contributed by atoms with Gasteiger partial charge in [-0.05, 0) is 48.9 Å². The molecule has 0 saturated heterocycles. The fraction of sp³-hybridized carbons (Fsp3) is 0.333. The number of amides is 1. The zero-order chi connectivity index (χ0) is 11.5. The van der Waals surface area contributed by atoms with Gasteiger partial charge in [0, 0.05) is 5.69 Å². The van der Waals surface area contributed by atoms with Gasteiger partial charge < -0.3 is 10.4 Å². The van der Waals surface area contributed by atoms with Crippen LogP contribution in [0.2, 0.25) is 0 Å². The van der Waals surface area contributed by atoms with Crippen molar-refractivity contribution in [1.29, 1.82) is 0 Å². The van der Waals surface area contributed by atoms with Crippen molar-refractivity contribution in [3.63, 3.8) is 0 Å². The minimum absolute atomic E-state index is 0.563. The number of hydrogen-bond donors (Lipinski definition) is 2. The van der Waals surface area contributed by atoms with Crippen LogP contribution in [0.5, 0.6) is 0 Å². The van der Waals surface area contributed by atoms with Crippen molar-refractivity contribution in [3.05, 3.63) is 29.3 Å². The molecule has 16 heavy (non-hydrogen) atoms. The third kappa shape index (κ3) is 2.21. The van der Waals surface area contributed by atoms with Crippen LogP contribution in [-0.4, -0.2) is 17.0 Å². The molecule has 0 bridgehead atoms. The smallest absolute Gasteiger partial charge is 0.394 e. The molecule has 0 aromatic heterocycles. The maximum absolute atomic E-state index is 11.0. The molecular formula is C12H13NO3. The second-order valence-electron chi connectivity index (χ2n) is 3.95. The van der Waals surface area contributed by atoms with Crippen molar-refractivity contribution in [2.45, 2.75) is 25.7 Å². The molecule has 2 N–H and O–H groups in total. The van der Waals surface area contributed by atoms with E-state index < -0.39 is 11.9 Å². The number of aliphatic carboxylic acids is 1. The summed E-state index contributed by atoms with van der Waals surface area (Å²) < 4.78 is 0. The van der Waals surface area contributed by atoms with Crippen LogP contribution in [0.15, 0.2) is 18.2 Å². The van der Waals surface area contributed by atoms with Gasteiger partial charge in [-0.1, -0.05) is 6.07 Å². The number of hydrogen-bond acceptors (Lipinski definition) is 2. The Bertz CT molecular complexity index is 440. The second kappa shape index (κ2) is 4.35. The minimum Gasteiger partial charge on any atom is -0.474 e. The average Bonchev–Trinajstić information content (AvgIpc) is 2.28. The number of aryl methyl sites for hydroxylation is 2. The van der Waals surface area contributed by atoms with E-state index in [2.05, 4.69) is 5.32 Å². The number of carbonyl (C=O) groups is 2. The standard InChI is InChI=1S/C12H13NO3/c14-11(12(15)16)13-10-6-5-8-3-1-2-4-9(8)7-10/h5-7H,1-4H2,(H,13,14)(H,15,16). The van der Waals surface area contributed by atoms with E-state index in [9.17, 15) is 9.59 Å². The van der Waals surface area contributed by atoms with Gasteiger partial charge in [0.15, 0.2) is 0 Å². The van der Waals surface area contributed by atoms with Gasteiger partial charge in [0.2, 0.25) is 0 Å². The van der Waals surface area contributed by atoms with Crippen LogP contribution < -0.4 is 5.32 Å². The van der Waals surface area contributed by atoms with Gasteiger partial charge in [-0.3, -0.25) is 4.79 Å². The van der Waals surface area contributed by atoms with E-state index in [-0.39, 0.29) is 0 Å². The van der Waals surface area contributed by atoms with Crippen LogP contribution >= 0.6 is 0 Å². The van der Waals surface area contributed by atoms with E-state index in [1.807, 2.05) is 12.1 Å². The van der Waals surface area contributed by atoms with Crippen LogP contribution in [0, 0.1) is 0 Å². The Balaban J connectivity index is 2.17. The summed E-state index contributed by atoms with van der Waals surface area (Å²) in [6.07, 6.45) is 4.44. The lowest BCUT2D eigenvalue weighted by atomic mass is 9.91. The van der Waals surface area contributed by atoms with E-state index in [1.165, 1.54) is 17.5 Å². The fourth-order valence-electron chi connectivity index (χ4n) is 2.00. The zero-order valence-electron chi connectivity index (χ0n) is 8.82. The number of fused-ring (bicyclic) bond motifs is 1. The van der Waals surface area contributed by atoms with Crippen LogP contribution in [0.3, 0.4) is 0 Å². The van der Waals surface area contributed by atoms with Crippen molar-refractivity contribution in [2.75, 3.05) is 5.32 Å². The SMILES string of the molecule is O=C(O)C(=O)Nc1ccc2c(c1)CCCC2. The summed E-state index contributed by atoms with van der Waals surface area (Å²) in [4.78, 5) is 21.4. The molecule has 0 fully saturated rings. The molecule has 0 unspecified atom stereocenters.